The number of aromatic carboxylic acids is 1. The van der Waals surface area contributed by atoms with E-state index >= 15 is 0 Å². The van der Waals surface area contributed by atoms with E-state index in [-0.39, 0.29) is 5.69 Å². The lowest BCUT2D eigenvalue weighted by Crippen LogP contribution is -1.99. The highest BCUT2D eigenvalue weighted by Crippen LogP contribution is 2.30. The van der Waals surface area contributed by atoms with Crippen LogP contribution in [0.4, 0.5) is 17.3 Å². The van der Waals surface area contributed by atoms with Crippen LogP contribution in [0.5, 0.6) is 11.5 Å². The number of ether oxygens (including phenoxy) is 1. The third-order valence-electron chi connectivity index (χ3n) is 5.11. The first-order valence-corrected chi connectivity index (χ1v) is 9.54. The Morgan fingerprint density at radius 1 is 1.17 bits per heavy atom. The van der Waals surface area contributed by atoms with Gasteiger partial charge in [-0.2, -0.15) is 0 Å². The number of pyridine rings is 1. The van der Waals surface area contributed by atoms with Crippen molar-refractivity contribution >= 4 is 34.3 Å². The zero-order valence-corrected chi connectivity index (χ0v) is 16.2. The Hall–Kier alpha value is -4.07. The van der Waals surface area contributed by atoms with Crippen LogP contribution in [0, 0.1) is 0 Å². The molecule has 0 radical (unpaired) electrons. The molecule has 3 N–H and O–H groups in total. The summed E-state index contributed by atoms with van der Waals surface area (Å²) in [6, 6.07) is 14.9. The number of fused-ring (bicyclic) bond motifs is 2. The zero-order chi connectivity index (χ0) is 20.7. The second-order valence-electron chi connectivity index (χ2n) is 7.10. The highest BCUT2D eigenvalue weighted by Gasteiger charge is 2.13. The molecular formula is C22H19N5O3. The van der Waals surface area contributed by atoms with Crippen LogP contribution in [0.2, 0.25) is 0 Å². The molecule has 0 fully saturated rings. The highest BCUT2D eigenvalue weighted by molar-refractivity contribution is 5.85. The van der Waals surface area contributed by atoms with Gasteiger partial charge in [0.2, 0.25) is 5.95 Å². The Balaban J connectivity index is 1.41. The van der Waals surface area contributed by atoms with Crippen molar-refractivity contribution in [2.45, 2.75) is 6.42 Å². The average Bonchev–Trinajstić information content (AvgIpc) is 3.32. The molecule has 0 spiro atoms. The number of rotatable bonds is 5. The molecule has 30 heavy (non-hydrogen) atoms. The van der Waals surface area contributed by atoms with Gasteiger partial charge in [0.05, 0.1) is 11.0 Å². The van der Waals surface area contributed by atoms with Gasteiger partial charge in [-0.05, 0) is 42.3 Å². The van der Waals surface area contributed by atoms with Gasteiger partial charge in [-0.15, -0.1) is 0 Å². The number of carbonyl (C=O) groups is 1. The Morgan fingerprint density at radius 3 is 2.90 bits per heavy atom. The molecule has 0 aliphatic carbocycles. The van der Waals surface area contributed by atoms with Crippen LogP contribution in [-0.4, -0.2) is 32.2 Å². The number of imidazole rings is 1. The molecule has 0 bridgehead atoms. The molecule has 3 heterocycles. The molecule has 2 aromatic heterocycles. The Labute approximate surface area is 172 Å². The number of nitrogens with zero attached hydrogens (tertiary/aromatic N) is 3. The van der Waals surface area contributed by atoms with Crippen molar-refractivity contribution in [3.05, 3.63) is 66.0 Å². The largest absolute Gasteiger partial charge is 0.477 e. The second kappa shape index (κ2) is 7.07. The van der Waals surface area contributed by atoms with Gasteiger partial charge >= 0.3 is 5.97 Å². The summed E-state index contributed by atoms with van der Waals surface area (Å²) >= 11 is 0. The van der Waals surface area contributed by atoms with E-state index in [1.807, 2.05) is 29.8 Å². The van der Waals surface area contributed by atoms with E-state index < -0.39 is 5.97 Å². The van der Waals surface area contributed by atoms with Gasteiger partial charge in [0.25, 0.3) is 0 Å². The maximum absolute atomic E-state index is 11.1. The van der Waals surface area contributed by atoms with E-state index in [0.717, 1.165) is 41.3 Å². The number of aryl methyl sites for hydroxylation is 1. The molecule has 1 aliphatic rings. The first-order valence-electron chi connectivity index (χ1n) is 9.54. The van der Waals surface area contributed by atoms with Gasteiger partial charge in [0.1, 0.15) is 11.5 Å². The van der Waals surface area contributed by atoms with E-state index in [0.29, 0.717) is 11.5 Å². The molecule has 0 unspecified atom stereocenters. The minimum Gasteiger partial charge on any atom is -0.477 e. The monoisotopic (exact) mass is 401 g/mol. The number of anilines is 3. The summed E-state index contributed by atoms with van der Waals surface area (Å²) in [5.41, 5.74) is 5.11. The molecule has 150 valence electrons. The van der Waals surface area contributed by atoms with Crippen molar-refractivity contribution in [3.8, 4) is 11.5 Å². The predicted octanol–water partition coefficient (Wildman–Crippen LogP) is 4.17. The van der Waals surface area contributed by atoms with E-state index in [1.54, 1.807) is 6.07 Å². The summed E-state index contributed by atoms with van der Waals surface area (Å²) in [5.74, 6) is 0.591. The first-order chi connectivity index (χ1) is 14.6. The van der Waals surface area contributed by atoms with Crippen molar-refractivity contribution in [3.63, 3.8) is 0 Å². The lowest BCUT2D eigenvalue weighted by Gasteiger charge is -2.08. The number of aromatic nitrogens is 3. The molecule has 0 amide bonds. The zero-order valence-electron chi connectivity index (χ0n) is 16.2. The maximum atomic E-state index is 11.1. The normalized spacial score (nSPS) is 12.4. The van der Waals surface area contributed by atoms with E-state index in [1.165, 1.54) is 17.8 Å². The molecule has 4 aromatic rings. The topological polar surface area (TPSA) is 101 Å². The number of benzene rings is 2. The number of carboxylic acids is 1. The molecule has 8 heteroatoms. The van der Waals surface area contributed by atoms with Gasteiger partial charge in [0, 0.05) is 43.3 Å². The van der Waals surface area contributed by atoms with Crippen molar-refractivity contribution in [2.24, 2.45) is 7.05 Å². The Kier molecular flexibility index (Phi) is 4.24. The summed E-state index contributed by atoms with van der Waals surface area (Å²) in [6.07, 6.45) is 2.46. The van der Waals surface area contributed by atoms with E-state index in [2.05, 4.69) is 33.8 Å². The van der Waals surface area contributed by atoms with E-state index in [4.69, 9.17) is 14.8 Å². The fraction of sp³-hybridized carbons (Fsp3) is 0.136. The van der Waals surface area contributed by atoms with Gasteiger partial charge in [-0.25, -0.2) is 14.8 Å². The van der Waals surface area contributed by atoms with Gasteiger partial charge in [-0.1, -0.05) is 6.07 Å². The van der Waals surface area contributed by atoms with Crippen molar-refractivity contribution < 1.29 is 14.6 Å². The molecule has 8 nitrogen and oxygen atoms in total. The summed E-state index contributed by atoms with van der Waals surface area (Å²) < 4.78 is 7.79. The molecular weight excluding hydrogens is 382 g/mol. The number of nitrogens with one attached hydrogen (secondary N) is 2. The average molecular weight is 401 g/mol. The van der Waals surface area contributed by atoms with E-state index in [9.17, 15) is 4.79 Å². The minimum absolute atomic E-state index is 0.0678. The molecule has 2 aromatic carbocycles. The third-order valence-corrected chi connectivity index (χ3v) is 5.11. The quantitative estimate of drug-likeness (QED) is 0.461. The molecule has 5 rings (SSSR count). The Morgan fingerprint density at radius 2 is 2.03 bits per heavy atom. The van der Waals surface area contributed by atoms with Gasteiger partial charge in [0.15, 0.2) is 5.69 Å². The van der Waals surface area contributed by atoms with Crippen LogP contribution in [0.15, 0.2) is 54.7 Å². The van der Waals surface area contributed by atoms with Crippen molar-refractivity contribution in [1.29, 1.82) is 0 Å². The Bertz CT molecular complexity index is 1280. The number of hydrogen-bond donors (Lipinski definition) is 3. The molecule has 1 aliphatic heterocycles. The number of hydrogen-bond acceptors (Lipinski definition) is 6. The van der Waals surface area contributed by atoms with Crippen LogP contribution in [0.1, 0.15) is 16.1 Å². The fourth-order valence-electron chi connectivity index (χ4n) is 3.58. The first kappa shape index (κ1) is 18.0. The van der Waals surface area contributed by atoms with Crippen LogP contribution in [0.25, 0.3) is 11.0 Å². The fourth-order valence-corrected chi connectivity index (χ4v) is 3.58. The SMILES string of the molecule is Cn1c(Nc2ccc3c(c2)NCC3)nc2cc(Oc3ccnc(C(=O)O)c3)ccc21. The lowest BCUT2D eigenvalue weighted by atomic mass is 10.1. The summed E-state index contributed by atoms with van der Waals surface area (Å²) in [6.45, 7) is 0.972. The number of carboxylic acid groups (broad SMARTS) is 1. The smallest absolute Gasteiger partial charge is 0.354 e. The standard InChI is InChI=1S/C22H19N5O3/c1-27-20-5-4-15(30-16-7-9-24-19(12-16)21(28)29)11-18(20)26-22(27)25-14-3-2-13-6-8-23-17(13)10-14/h2-5,7,9-12,23H,6,8H2,1H3,(H,25,26)(H,28,29). The van der Waals surface area contributed by atoms with Crippen LogP contribution in [0.3, 0.4) is 0 Å². The highest BCUT2D eigenvalue weighted by atomic mass is 16.5. The van der Waals surface area contributed by atoms with Crippen LogP contribution < -0.4 is 15.4 Å². The van der Waals surface area contributed by atoms with Crippen LogP contribution >= 0.6 is 0 Å². The van der Waals surface area contributed by atoms with Gasteiger partial charge in [-0.3, -0.25) is 0 Å². The molecule has 0 saturated heterocycles. The minimum atomic E-state index is -1.10. The summed E-state index contributed by atoms with van der Waals surface area (Å²) in [4.78, 5) is 19.6. The second-order valence-corrected chi connectivity index (χ2v) is 7.10. The summed E-state index contributed by atoms with van der Waals surface area (Å²) in [5, 5.41) is 15.8. The van der Waals surface area contributed by atoms with Crippen LogP contribution in [-0.2, 0) is 13.5 Å². The maximum Gasteiger partial charge on any atom is 0.354 e. The third kappa shape index (κ3) is 3.28. The summed E-state index contributed by atoms with van der Waals surface area (Å²) in [7, 11) is 1.95. The van der Waals surface area contributed by atoms with Gasteiger partial charge < -0.3 is 25.0 Å². The van der Waals surface area contributed by atoms with Crippen molar-refractivity contribution in [2.75, 3.05) is 17.2 Å². The van der Waals surface area contributed by atoms with Crippen molar-refractivity contribution in [1.82, 2.24) is 14.5 Å². The molecule has 0 saturated carbocycles. The predicted molar refractivity (Wildman–Crippen MR) is 114 cm³/mol. The molecule has 0 atom stereocenters. The lowest BCUT2D eigenvalue weighted by molar-refractivity contribution is 0.0690.